The number of alkyl halides is 3. The number of aromatic nitrogens is 5. The number of H-pyrrole nitrogens is 1. The Hall–Kier alpha value is -2.92. The third-order valence-corrected chi connectivity index (χ3v) is 6.97. The van der Waals surface area contributed by atoms with Crippen molar-refractivity contribution in [2.24, 2.45) is 5.92 Å². The van der Waals surface area contributed by atoms with E-state index in [1.165, 1.54) is 19.0 Å². The summed E-state index contributed by atoms with van der Waals surface area (Å²) in [5, 5.41) is 4.61. The number of anilines is 1. The summed E-state index contributed by atoms with van der Waals surface area (Å²) in [4.78, 5) is 14.0. The molecule has 0 radical (unpaired) electrons. The number of nitrogens with two attached hydrogens (primary N) is 1. The molecule has 1 saturated carbocycles. The number of hydrogen-bond acceptors (Lipinski definition) is 6. The highest BCUT2D eigenvalue weighted by molar-refractivity contribution is 5.63. The fourth-order valence-electron chi connectivity index (χ4n) is 5.26. The highest BCUT2D eigenvalue weighted by Gasteiger charge is 2.50. The summed E-state index contributed by atoms with van der Waals surface area (Å²) in [6.45, 7) is 2.60. The number of imidazole rings is 1. The lowest BCUT2D eigenvalue weighted by Gasteiger charge is -2.35. The molecule has 1 aliphatic carbocycles. The molecule has 3 aliphatic rings. The van der Waals surface area contributed by atoms with Gasteiger partial charge in [-0.15, -0.1) is 0 Å². The fraction of sp³-hybridized carbons (Fsp3) is 0.500. The van der Waals surface area contributed by atoms with Crippen molar-refractivity contribution in [3.05, 3.63) is 47.8 Å². The molecule has 5 heterocycles. The monoisotopic (exact) mass is 459 g/mol. The third-order valence-electron chi connectivity index (χ3n) is 6.97. The molecule has 1 saturated heterocycles. The molecule has 2 atom stereocenters. The lowest BCUT2D eigenvalue weighted by molar-refractivity contribution is -0.137. The Kier molecular flexibility index (Phi) is 4.57. The zero-order chi connectivity index (χ0) is 22.8. The van der Waals surface area contributed by atoms with Gasteiger partial charge in [-0.25, -0.2) is 9.97 Å². The molecule has 3 N–H and O–H groups in total. The summed E-state index contributed by atoms with van der Waals surface area (Å²) >= 11 is 0. The molecular weight excluding hydrogens is 435 g/mol. The fourth-order valence-corrected chi connectivity index (χ4v) is 5.26. The summed E-state index contributed by atoms with van der Waals surface area (Å²) in [6, 6.07) is 3.08. The number of hydrogen-bond donors (Lipinski definition) is 2. The first-order valence-corrected chi connectivity index (χ1v) is 11.1. The van der Waals surface area contributed by atoms with E-state index in [-0.39, 0.29) is 11.6 Å². The van der Waals surface area contributed by atoms with E-state index in [2.05, 4.69) is 25.0 Å². The first kappa shape index (κ1) is 20.7. The Morgan fingerprint density at radius 1 is 1.21 bits per heavy atom. The van der Waals surface area contributed by atoms with Gasteiger partial charge in [0.15, 0.2) is 0 Å². The topological polar surface area (TPSA) is 97.9 Å². The Morgan fingerprint density at radius 3 is 2.79 bits per heavy atom. The van der Waals surface area contributed by atoms with Crippen LogP contribution in [0.2, 0.25) is 0 Å². The largest absolute Gasteiger partial charge is 0.419 e. The van der Waals surface area contributed by atoms with Gasteiger partial charge in [0.25, 0.3) is 0 Å². The minimum absolute atomic E-state index is 0.219. The van der Waals surface area contributed by atoms with E-state index in [9.17, 15) is 13.2 Å². The second kappa shape index (κ2) is 7.29. The van der Waals surface area contributed by atoms with Gasteiger partial charge < -0.3 is 15.5 Å². The molecule has 0 aromatic carbocycles. The second-order valence-electron chi connectivity index (χ2n) is 9.11. The lowest BCUT2D eigenvalue weighted by Crippen LogP contribution is -2.41. The zero-order valence-electron chi connectivity index (χ0n) is 17.8. The maximum Gasteiger partial charge on any atom is 0.419 e. The summed E-state index contributed by atoms with van der Waals surface area (Å²) in [7, 11) is 0. The van der Waals surface area contributed by atoms with E-state index in [1.807, 2.05) is 16.9 Å². The number of likely N-dealkylation sites (tertiary alicyclic amines) is 1. The standard InChI is InChI=1S/C22H24F3N7O/c23-22(24,25)15-9-14(11-29-19(15)26)16-10-17-21(33-8-7-32(17)30-16)3-6-31(12-21)18(13-1-2-13)20-27-4-5-28-20/h4-5,9-11,13,18H,1-3,6-8,12H2,(H2,26,29)(H,27,28). The van der Waals surface area contributed by atoms with E-state index < -0.39 is 23.2 Å². The van der Waals surface area contributed by atoms with E-state index >= 15 is 0 Å². The van der Waals surface area contributed by atoms with Gasteiger partial charge in [0.05, 0.1) is 36.1 Å². The molecule has 2 aliphatic heterocycles. The molecule has 2 unspecified atom stereocenters. The predicted octanol–water partition coefficient (Wildman–Crippen LogP) is 3.35. The Morgan fingerprint density at radius 2 is 2.06 bits per heavy atom. The average molecular weight is 459 g/mol. The smallest absolute Gasteiger partial charge is 0.383 e. The van der Waals surface area contributed by atoms with Crippen LogP contribution >= 0.6 is 0 Å². The maximum atomic E-state index is 13.3. The number of nitrogens with zero attached hydrogens (tertiary/aromatic N) is 5. The zero-order valence-corrected chi connectivity index (χ0v) is 17.8. The minimum Gasteiger partial charge on any atom is -0.383 e. The van der Waals surface area contributed by atoms with Crippen molar-refractivity contribution in [3.8, 4) is 11.3 Å². The van der Waals surface area contributed by atoms with Crippen LogP contribution in [0.4, 0.5) is 19.0 Å². The van der Waals surface area contributed by atoms with Crippen LogP contribution in [0.3, 0.4) is 0 Å². The minimum atomic E-state index is -4.58. The van der Waals surface area contributed by atoms with E-state index in [0.29, 0.717) is 31.3 Å². The van der Waals surface area contributed by atoms with Crippen LogP contribution in [-0.2, 0) is 23.1 Å². The van der Waals surface area contributed by atoms with Crippen LogP contribution in [0.15, 0.2) is 30.7 Å². The number of pyridine rings is 1. The normalized spacial score (nSPS) is 24.3. The molecule has 8 nitrogen and oxygen atoms in total. The number of fused-ring (bicyclic) bond motifs is 2. The van der Waals surface area contributed by atoms with Gasteiger partial charge in [-0.1, -0.05) is 0 Å². The van der Waals surface area contributed by atoms with Crippen molar-refractivity contribution in [2.75, 3.05) is 25.4 Å². The van der Waals surface area contributed by atoms with Gasteiger partial charge in [0.1, 0.15) is 17.2 Å². The van der Waals surface area contributed by atoms with Gasteiger partial charge in [-0.2, -0.15) is 18.3 Å². The van der Waals surface area contributed by atoms with Crippen LogP contribution in [0.5, 0.6) is 0 Å². The van der Waals surface area contributed by atoms with Crippen LogP contribution in [0, 0.1) is 5.92 Å². The molecule has 174 valence electrons. The average Bonchev–Trinajstić information content (AvgIpc) is 3.16. The lowest BCUT2D eigenvalue weighted by atomic mass is 9.96. The molecule has 3 aromatic heterocycles. The highest BCUT2D eigenvalue weighted by atomic mass is 19.4. The molecule has 0 bridgehead atoms. The summed E-state index contributed by atoms with van der Waals surface area (Å²) in [6.07, 6.45) is 3.55. The molecule has 2 fully saturated rings. The number of nitrogen functional groups attached to an aromatic ring is 1. The van der Waals surface area contributed by atoms with Gasteiger partial charge in [-0.05, 0) is 37.3 Å². The van der Waals surface area contributed by atoms with Crippen molar-refractivity contribution in [2.45, 2.75) is 43.6 Å². The van der Waals surface area contributed by atoms with Gasteiger partial charge in [0, 0.05) is 37.2 Å². The van der Waals surface area contributed by atoms with Crippen LogP contribution in [0.1, 0.15) is 42.4 Å². The number of halogens is 3. The third kappa shape index (κ3) is 3.50. The number of rotatable bonds is 4. The molecular formula is C22H24F3N7O. The maximum absolute atomic E-state index is 13.3. The van der Waals surface area contributed by atoms with E-state index in [0.717, 1.165) is 30.6 Å². The first-order valence-electron chi connectivity index (χ1n) is 11.1. The molecule has 0 amide bonds. The Balaban J connectivity index is 1.33. The van der Waals surface area contributed by atoms with Crippen molar-refractivity contribution in [1.82, 2.24) is 29.6 Å². The Bertz CT molecular complexity index is 1170. The molecule has 1 spiro atoms. The summed E-state index contributed by atoms with van der Waals surface area (Å²) in [5.41, 5.74) is 5.60. The molecule has 6 rings (SSSR count). The second-order valence-corrected chi connectivity index (χ2v) is 9.11. The first-order chi connectivity index (χ1) is 15.8. The SMILES string of the molecule is Nc1ncc(-c2cc3n(n2)CCOC32CCN(C(c3ncc[nH]3)C3CC3)C2)cc1C(F)(F)F. The number of ether oxygens (including phenoxy) is 1. The van der Waals surface area contributed by atoms with Crippen molar-refractivity contribution in [3.63, 3.8) is 0 Å². The quantitative estimate of drug-likeness (QED) is 0.621. The molecule has 3 aromatic rings. The predicted molar refractivity (Wildman–Crippen MR) is 113 cm³/mol. The van der Waals surface area contributed by atoms with Crippen molar-refractivity contribution < 1.29 is 17.9 Å². The summed E-state index contributed by atoms with van der Waals surface area (Å²) < 4.78 is 48.2. The van der Waals surface area contributed by atoms with E-state index in [1.54, 1.807) is 6.20 Å². The van der Waals surface area contributed by atoms with Gasteiger partial charge >= 0.3 is 6.18 Å². The summed E-state index contributed by atoms with van der Waals surface area (Å²) in [5.74, 6) is 1.02. The van der Waals surface area contributed by atoms with Gasteiger partial charge in [-0.3, -0.25) is 9.58 Å². The van der Waals surface area contributed by atoms with Crippen LogP contribution < -0.4 is 5.73 Å². The van der Waals surface area contributed by atoms with E-state index in [4.69, 9.17) is 10.5 Å². The molecule has 11 heteroatoms. The van der Waals surface area contributed by atoms with Crippen LogP contribution in [-0.4, -0.2) is 49.3 Å². The van der Waals surface area contributed by atoms with Crippen molar-refractivity contribution in [1.29, 1.82) is 0 Å². The highest BCUT2D eigenvalue weighted by Crippen LogP contribution is 2.49. The number of nitrogens with one attached hydrogen (secondary N) is 1. The van der Waals surface area contributed by atoms with Gasteiger partial charge in [0.2, 0.25) is 0 Å². The molecule has 33 heavy (non-hydrogen) atoms. The number of aromatic amines is 1. The van der Waals surface area contributed by atoms with Crippen LogP contribution in [0.25, 0.3) is 11.3 Å². The Labute approximate surface area is 188 Å². The van der Waals surface area contributed by atoms with Crippen molar-refractivity contribution >= 4 is 5.82 Å².